The van der Waals surface area contributed by atoms with Gasteiger partial charge in [0.1, 0.15) is 5.82 Å². The van der Waals surface area contributed by atoms with Crippen LogP contribution < -0.4 is 5.32 Å². The fraction of sp³-hybridized carbons (Fsp3) is 0.714. The van der Waals surface area contributed by atoms with Crippen molar-refractivity contribution < 1.29 is 13.2 Å². The van der Waals surface area contributed by atoms with Crippen LogP contribution in [0.2, 0.25) is 0 Å². The third-order valence-corrected chi connectivity index (χ3v) is 6.70. The van der Waals surface area contributed by atoms with Gasteiger partial charge in [0.25, 0.3) is 0 Å². The smallest absolute Gasteiger partial charge is 0.225 e. The van der Waals surface area contributed by atoms with E-state index in [0.717, 1.165) is 22.8 Å². The fourth-order valence-corrected chi connectivity index (χ4v) is 5.68. The minimum atomic E-state index is -2.98. The summed E-state index contributed by atoms with van der Waals surface area (Å²) in [6.07, 6.45) is 1.03. The van der Waals surface area contributed by atoms with Gasteiger partial charge in [-0.05, 0) is 12.3 Å². The SMILES string of the molecule is CC(C)CC(=O)Nc1c2c(nn1C1CCS(=O)(=O)C1)CSC2. The monoisotopic (exact) mass is 343 g/mol. The molecule has 2 aliphatic rings. The Kier molecular flexibility index (Phi) is 4.24. The Hall–Kier alpha value is -1.02. The number of nitrogens with zero attached hydrogens (tertiary/aromatic N) is 2. The largest absolute Gasteiger partial charge is 0.311 e. The van der Waals surface area contributed by atoms with Crippen LogP contribution >= 0.6 is 11.8 Å². The number of anilines is 1. The summed E-state index contributed by atoms with van der Waals surface area (Å²) < 4.78 is 25.2. The summed E-state index contributed by atoms with van der Waals surface area (Å²) in [4.78, 5) is 12.1. The van der Waals surface area contributed by atoms with Crippen LogP contribution in [-0.4, -0.2) is 35.6 Å². The van der Waals surface area contributed by atoms with E-state index in [-0.39, 0.29) is 29.4 Å². The summed E-state index contributed by atoms with van der Waals surface area (Å²) >= 11 is 1.77. The van der Waals surface area contributed by atoms with E-state index in [2.05, 4.69) is 10.4 Å². The zero-order valence-corrected chi connectivity index (χ0v) is 14.5. The Labute approximate surface area is 135 Å². The maximum atomic E-state index is 12.1. The molecule has 1 atom stereocenters. The van der Waals surface area contributed by atoms with Crippen LogP contribution in [0.5, 0.6) is 0 Å². The highest BCUT2D eigenvalue weighted by molar-refractivity contribution is 7.98. The summed E-state index contributed by atoms with van der Waals surface area (Å²) in [5.41, 5.74) is 2.04. The average Bonchev–Trinajstić information content (AvgIpc) is 3.04. The van der Waals surface area contributed by atoms with E-state index in [4.69, 9.17) is 0 Å². The zero-order chi connectivity index (χ0) is 15.9. The molecule has 2 aliphatic heterocycles. The summed E-state index contributed by atoms with van der Waals surface area (Å²) in [6, 6.07) is -0.157. The lowest BCUT2D eigenvalue weighted by Crippen LogP contribution is -2.21. The summed E-state index contributed by atoms with van der Waals surface area (Å²) in [5, 5.41) is 7.57. The lowest BCUT2D eigenvalue weighted by Gasteiger charge is -2.16. The Morgan fingerprint density at radius 2 is 2.23 bits per heavy atom. The van der Waals surface area contributed by atoms with Crippen molar-refractivity contribution in [3.8, 4) is 0 Å². The minimum absolute atomic E-state index is 0.0308. The number of carbonyl (C=O) groups excluding carboxylic acids is 1. The molecule has 3 heterocycles. The molecule has 1 unspecified atom stereocenters. The number of amides is 1. The highest BCUT2D eigenvalue weighted by Gasteiger charge is 2.34. The van der Waals surface area contributed by atoms with Gasteiger partial charge in [-0.2, -0.15) is 16.9 Å². The number of thioether (sulfide) groups is 1. The molecule has 3 rings (SSSR count). The molecule has 8 heteroatoms. The van der Waals surface area contributed by atoms with Crippen molar-refractivity contribution in [2.75, 3.05) is 16.8 Å². The molecule has 0 aromatic carbocycles. The highest BCUT2D eigenvalue weighted by Crippen LogP contribution is 2.38. The molecule has 1 N–H and O–H groups in total. The normalized spacial score (nSPS) is 23.0. The van der Waals surface area contributed by atoms with Crippen molar-refractivity contribution in [3.63, 3.8) is 0 Å². The predicted octanol–water partition coefficient (Wildman–Crippen LogP) is 1.97. The van der Waals surface area contributed by atoms with Gasteiger partial charge >= 0.3 is 0 Å². The third-order valence-electron chi connectivity index (χ3n) is 3.98. The van der Waals surface area contributed by atoms with Gasteiger partial charge in [-0.1, -0.05) is 13.8 Å². The molecule has 1 aromatic heterocycles. The van der Waals surface area contributed by atoms with Crippen molar-refractivity contribution in [2.45, 2.75) is 44.2 Å². The predicted molar refractivity (Wildman–Crippen MR) is 87.6 cm³/mol. The van der Waals surface area contributed by atoms with E-state index in [0.29, 0.717) is 18.7 Å². The fourth-order valence-electron chi connectivity index (χ4n) is 2.95. The van der Waals surface area contributed by atoms with E-state index >= 15 is 0 Å². The van der Waals surface area contributed by atoms with Crippen molar-refractivity contribution in [1.82, 2.24) is 9.78 Å². The Morgan fingerprint density at radius 1 is 1.45 bits per heavy atom. The van der Waals surface area contributed by atoms with Crippen LogP contribution in [0.1, 0.15) is 44.0 Å². The molecule has 0 radical (unpaired) electrons. The number of carbonyl (C=O) groups is 1. The minimum Gasteiger partial charge on any atom is -0.311 e. The first-order valence-corrected chi connectivity index (χ1v) is 10.5. The Bertz CT molecular complexity index is 694. The molecular weight excluding hydrogens is 322 g/mol. The van der Waals surface area contributed by atoms with E-state index in [1.165, 1.54) is 0 Å². The van der Waals surface area contributed by atoms with Gasteiger partial charge in [0.15, 0.2) is 9.84 Å². The van der Waals surface area contributed by atoms with Gasteiger partial charge in [-0.25, -0.2) is 13.1 Å². The average molecular weight is 343 g/mol. The molecule has 0 bridgehead atoms. The summed E-state index contributed by atoms with van der Waals surface area (Å²) in [6.45, 7) is 4.00. The van der Waals surface area contributed by atoms with Crippen LogP contribution in [-0.2, 0) is 26.1 Å². The summed E-state index contributed by atoms with van der Waals surface area (Å²) in [5.74, 6) is 2.94. The summed E-state index contributed by atoms with van der Waals surface area (Å²) in [7, 11) is -2.98. The number of rotatable bonds is 4. The highest BCUT2D eigenvalue weighted by atomic mass is 32.2. The number of sulfone groups is 1. The maximum Gasteiger partial charge on any atom is 0.225 e. The van der Waals surface area contributed by atoms with Crippen LogP contribution in [0.3, 0.4) is 0 Å². The van der Waals surface area contributed by atoms with Gasteiger partial charge in [0.05, 0.1) is 23.2 Å². The van der Waals surface area contributed by atoms with E-state index in [9.17, 15) is 13.2 Å². The number of hydrogen-bond donors (Lipinski definition) is 1. The molecule has 6 nitrogen and oxygen atoms in total. The van der Waals surface area contributed by atoms with E-state index < -0.39 is 9.84 Å². The Morgan fingerprint density at radius 3 is 2.86 bits per heavy atom. The van der Waals surface area contributed by atoms with Gasteiger partial charge in [-0.15, -0.1) is 0 Å². The van der Waals surface area contributed by atoms with Crippen LogP contribution in [0.25, 0.3) is 0 Å². The number of hydrogen-bond acceptors (Lipinski definition) is 5. The van der Waals surface area contributed by atoms with Crippen molar-refractivity contribution in [3.05, 3.63) is 11.3 Å². The maximum absolute atomic E-state index is 12.1. The van der Waals surface area contributed by atoms with Gasteiger partial charge in [-0.3, -0.25) is 4.79 Å². The first kappa shape index (κ1) is 15.9. The molecule has 22 heavy (non-hydrogen) atoms. The molecule has 1 fully saturated rings. The van der Waals surface area contributed by atoms with E-state index in [1.807, 2.05) is 13.8 Å². The van der Waals surface area contributed by atoms with Crippen LogP contribution in [0.4, 0.5) is 5.82 Å². The second-order valence-corrected chi connectivity index (χ2v) is 9.63. The molecule has 0 spiro atoms. The number of fused-ring (bicyclic) bond motifs is 1. The topological polar surface area (TPSA) is 81.1 Å². The number of aromatic nitrogens is 2. The zero-order valence-electron chi connectivity index (χ0n) is 12.8. The number of nitrogens with one attached hydrogen (secondary N) is 1. The molecular formula is C14H21N3O3S2. The molecule has 0 aliphatic carbocycles. The lowest BCUT2D eigenvalue weighted by atomic mass is 10.1. The van der Waals surface area contributed by atoms with Crippen molar-refractivity contribution in [2.24, 2.45) is 5.92 Å². The molecule has 1 aromatic rings. The van der Waals surface area contributed by atoms with Gasteiger partial charge < -0.3 is 5.32 Å². The first-order valence-electron chi connectivity index (χ1n) is 7.54. The Balaban J connectivity index is 1.89. The van der Waals surface area contributed by atoms with Gasteiger partial charge in [0, 0.05) is 23.5 Å². The molecule has 0 saturated carbocycles. The molecule has 1 amide bonds. The second kappa shape index (κ2) is 5.88. The van der Waals surface area contributed by atoms with Crippen molar-refractivity contribution >= 4 is 33.3 Å². The second-order valence-electron chi connectivity index (χ2n) is 6.41. The van der Waals surface area contributed by atoms with Gasteiger partial charge in [0.2, 0.25) is 5.91 Å². The lowest BCUT2D eigenvalue weighted by molar-refractivity contribution is -0.116. The van der Waals surface area contributed by atoms with Crippen LogP contribution in [0.15, 0.2) is 0 Å². The quantitative estimate of drug-likeness (QED) is 0.904. The standard InChI is InChI=1S/C14H21N3O3S2/c1-9(2)5-13(18)15-14-11-6-21-7-12(11)16-17(14)10-3-4-22(19,20)8-10/h9-10H,3-8H2,1-2H3,(H,15,18). The third kappa shape index (κ3) is 3.17. The van der Waals surface area contributed by atoms with E-state index in [1.54, 1.807) is 16.4 Å². The molecule has 122 valence electrons. The first-order chi connectivity index (χ1) is 10.4. The van der Waals surface area contributed by atoms with Crippen molar-refractivity contribution in [1.29, 1.82) is 0 Å². The molecule has 1 saturated heterocycles. The van der Waals surface area contributed by atoms with Crippen LogP contribution in [0, 0.1) is 5.92 Å².